The number of rotatable bonds is 10. The maximum absolute atomic E-state index is 2.39. The third-order valence-electron chi connectivity index (χ3n) is 8.42. The lowest BCUT2D eigenvalue weighted by Gasteiger charge is -2.38. The zero-order valence-corrected chi connectivity index (χ0v) is 18.2. The van der Waals surface area contributed by atoms with Crippen LogP contribution >= 0.6 is 0 Å². The van der Waals surface area contributed by atoms with E-state index in [9.17, 15) is 0 Å². The van der Waals surface area contributed by atoms with Crippen molar-refractivity contribution in [3.05, 3.63) is 0 Å². The predicted molar refractivity (Wildman–Crippen MR) is 113 cm³/mol. The summed E-state index contributed by atoms with van der Waals surface area (Å²) in [7, 11) is 0. The molecular formula is C24H48N2+2. The molecular weight excluding hydrogens is 316 g/mol. The minimum Gasteiger partial charge on any atom is -0.324 e. The molecule has 2 nitrogen and oxygen atoms in total. The van der Waals surface area contributed by atoms with Gasteiger partial charge in [-0.25, -0.2) is 0 Å². The molecule has 2 aliphatic heterocycles. The Hall–Kier alpha value is -0.0800. The first-order valence-corrected chi connectivity index (χ1v) is 12.4. The third kappa shape index (κ3) is 5.47. The van der Waals surface area contributed by atoms with Crippen LogP contribution in [-0.4, -0.2) is 61.3 Å². The van der Waals surface area contributed by atoms with Gasteiger partial charge in [-0.15, -0.1) is 0 Å². The fourth-order valence-electron chi connectivity index (χ4n) is 6.80. The van der Waals surface area contributed by atoms with Gasteiger partial charge in [0.25, 0.3) is 0 Å². The highest BCUT2D eigenvalue weighted by Gasteiger charge is 2.34. The molecule has 3 rings (SSSR count). The maximum Gasteiger partial charge on any atom is 0.0789 e. The first-order chi connectivity index (χ1) is 12.7. The zero-order valence-electron chi connectivity index (χ0n) is 18.2. The number of hydrogen-bond donors (Lipinski definition) is 0. The van der Waals surface area contributed by atoms with Crippen molar-refractivity contribution in [1.82, 2.24) is 0 Å². The summed E-state index contributed by atoms with van der Waals surface area (Å²) in [6, 6.07) is 0. The highest BCUT2D eigenvalue weighted by Crippen LogP contribution is 2.35. The van der Waals surface area contributed by atoms with Gasteiger partial charge in [-0.1, -0.05) is 13.8 Å². The Bertz CT molecular complexity index is 347. The minimum atomic E-state index is 1.06. The second-order valence-corrected chi connectivity index (χ2v) is 10.4. The standard InChI is InChI=1S/C24H48N2/c1-3-15-25(17-5-6-18-25)21-13-23-9-11-24(12-10-23)14-22-26(16-4-2)19-7-8-20-26/h23-24H,3-22H2,1-2H3/q+2. The molecule has 152 valence electrons. The van der Waals surface area contributed by atoms with Crippen LogP contribution in [0.3, 0.4) is 0 Å². The second-order valence-electron chi connectivity index (χ2n) is 10.4. The lowest BCUT2D eigenvalue weighted by atomic mass is 9.79. The van der Waals surface area contributed by atoms with E-state index in [0.29, 0.717) is 0 Å². The van der Waals surface area contributed by atoms with Gasteiger partial charge in [-0.05, 0) is 63.2 Å². The average molecular weight is 365 g/mol. The van der Waals surface area contributed by atoms with E-state index in [2.05, 4.69) is 13.8 Å². The summed E-state index contributed by atoms with van der Waals surface area (Å²) in [4.78, 5) is 0. The first kappa shape index (κ1) is 20.6. The number of nitrogens with zero attached hydrogens (tertiary/aromatic N) is 2. The van der Waals surface area contributed by atoms with E-state index in [0.717, 1.165) is 11.8 Å². The van der Waals surface area contributed by atoms with Gasteiger partial charge in [-0.2, -0.15) is 0 Å². The van der Waals surface area contributed by atoms with Crippen LogP contribution in [0.15, 0.2) is 0 Å². The van der Waals surface area contributed by atoms with Gasteiger partial charge < -0.3 is 8.97 Å². The topological polar surface area (TPSA) is 0 Å². The van der Waals surface area contributed by atoms with Crippen molar-refractivity contribution < 1.29 is 8.97 Å². The summed E-state index contributed by atoms with van der Waals surface area (Å²) in [6.45, 7) is 16.6. The Morgan fingerprint density at radius 2 is 0.885 bits per heavy atom. The summed E-state index contributed by atoms with van der Waals surface area (Å²) in [5, 5.41) is 0. The fourth-order valence-corrected chi connectivity index (χ4v) is 6.80. The molecule has 0 amide bonds. The van der Waals surface area contributed by atoms with E-state index in [1.165, 1.54) is 113 Å². The van der Waals surface area contributed by atoms with Crippen molar-refractivity contribution in [3.8, 4) is 0 Å². The minimum absolute atomic E-state index is 1.06. The van der Waals surface area contributed by atoms with Crippen LogP contribution < -0.4 is 0 Å². The Kier molecular flexibility index (Phi) is 7.88. The molecule has 0 spiro atoms. The number of quaternary nitrogens is 2. The fraction of sp³-hybridized carbons (Fsp3) is 1.00. The van der Waals surface area contributed by atoms with Crippen molar-refractivity contribution in [2.75, 3.05) is 52.4 Å². The molecule has 0 bridgehead atoms. The van der Waals surface area contributed by atoms with Crippen LogP contribution in [-0.2, 0) is 0 Å². The molecule has 3 aliphatic rings. The molecule has 1 aliphatic carbocycles. The van der Waals surface area contributed by atoms with E-state index in [1.54, 1.807) is 25.7 Å². The molecule has 1 saturated carbocycles. The Morgan fingerprint density at radius 3 is 1.19 bits per heavy atom. The van der Waals surface area contributed by atoms with E-state index in [-0.39, 0.29) is 0 Å². The van der Waals surface area contributed by atoms with E-state index in [4.69, 9.17) is 0 Å². The molecule has 2 saturated heterocycles. The molecule has 2 heteroatoms. The SMILES string of the molecule is CCC[N+]1(CCC2CCC(CC[N+]3(CCC)CCCC3)CC2)CCCC1. The van der Waals surface area contributed by atoms with E-state index >= 15 is 0 Å². The highest BCUT2D eigenvalue weighted by atomic mass is 15.4. The monoisotopic (exact) mass is 364 g/mol. The van der Waals surface area contributed by atoms with Crippen molar-refractivity contribution in [2.45, 2.75) is 90.9 Å². The summed E-state index contributed by atoms with van der Waals surface area (Å²) in [5.41, 5.74) is 0. The van der Waals surface area contributed by atoms with Gasteiger partial charge in [0.1, 0.15) is 0 Å². The van der Waals surface area contributed by atoms with Crippen LogP contribution in [0.1, 0.15) is 90.9 Å². The van der Waals surface area contributed by atoms with E-state index in [1.807, 2.05) is 0 Å². The van der Waals surface area contributed by atoms with Gasteiger partial charge in [0, 0.05) is 25.7 Å². The molecule has 26 heavy (non-hydrogen) atoms. The Labute approximate surface area is 164 Å². The molecule has 0 radical (unpaired) electrons. The van der Waals surface area contributed by atoms with Crippen LogP contribution in [0.5, 0.6) is 0 Å². The molecule has 0 N–H and O–H groups in total. The number of hydrogen-bond acceptors (Lipinski definition) is 0. The average Bonchev–Trinajstić information content (AvgIpc) is 3.31. The van der Waals surface area contributed by atoms with Crippen molar-refractivity contribution >= 4 is 0 Å². The lowest BCUT2D eigenvalue weighted by Crippen LogP contribution is -2.47. The summed E-state index contributed by atoms with van der Waals surface area (Å²) >= 11 is 0. The summed E-state index contributed by atoms with van der Waals surface area (Å²) in [6.07, 6.45) is 18.0. The molecule has 0 aromatic heterocycles. The van der Waals surface area contributed by atoms with Gasteiger partial charge in [0.2, 0.25) is 0 Å². The molecule has 2 heterocycles. The predicted octanol–water partition coefficient (Wildman–Crippen LogP) is 5.61. The molecule has 0 unspecified atom stereocenters. The van der Waals surface area contributed by atoms with Gasteiger partial charge in [0.05, 0.1) is 52.4 Å². The van der Waals surface area contributed by atoms with Crippen LogP contribution in [0, 0.1) is 11.8 Å². The van der Waals surface area contributed by atoms with E-state index < -0.39 is 0 Å². The largest absolute Gasteiger partial charge is 0.324 e. The Morgan fingerprint density at radius 1 is 0.538 bits per heavy atom. The van der Waals surface area contributed by atoms with Crippen LogP contribution in [0.2, 0.25) is 0 Å². The van der Waals surface area contributed by atoms with Gasteiger partial charge in [-0.3, -0.25) is 0 Å². The highest BCUT2D eigenvalue weighted by molar-refractivity contribution is 4.74. The third-order valence-corrected chi connectivity index (χ3v) is 8.42. The lowest BCUT2D eigenvalue weighted by molar-refractivity contribution is -0.917. The molecule has 0 aromatic carbocycles. The van der Waals surface area contributed by atoms with Crippen LogP contribution in [0.4, 0.5) is 0 Å². The molecule has 0 aromatic rings. The van der Waals surface area contributed by atoms with Gasteiger partial charge in [0.15, 0.2) is 0 Å². The maximum atomic E-state index is 2.39. The van der Waals surface area contributed by atoms with Crippen molar-refractivity contribution in [2.24, 2.45) is 11.8 Å². The van der Waals surface area contributed by atoms with Crippen molar-refractivity contribution in [3.63, 3.8) is 0 Å². The quantitative estimate of drug-likeness (QED) is 0.442. The van der Waals surface area contributed by atoms with Crippen molar-refractivity contribution in [1.29, 1.82) is 0 Å². The second kappa shape index (κ2) is 9.92. The molecule has 3 fully saturated rings. The van der Waals surface area contributed by atoms with Gasteiger partial charge >= 0.3 is 0 Å². The molecule has 0 atom stereocenters. The van der Waals surface area contributed by atoms with Crippen LogP contribution in [0.25, 0.3) is 0 Å². The zero-order chi connectivity index (χ0) is 18.3. The normalized spacial score (nSPS) is 30.7. The smallest absolute Gasteiger partial charge is 0.0789 e. The number of likely N-dealkylation sites (tertiary alicyclic amines) is 2. The first-order valence-electron chi connectivity index (χ1n) is 12.4. The Balaban J connectivity index is 1.36. The summed E-state index contributed by atoms with van der Waals surface area (Å²) < 4.78 is 2.96. The summed E-state index contributed by atoms with van der Waals surface area (Å²) in [5.74, 6) is 2.12.